The molecule has 2 aromatic heterocycles. The molecule has 0 aromatic carbocycles. The third-order valence-electron chi connectivity index (χ3n) is 4.32. The first-order valence-electron chi connectivity index (χ1n) is 7.44. The number of anilines is 1. The van der Waals surface area contributed by atoms with Crippen LogP contribution in [0, 0.1) is 5.92 Å². The van der Waals surface area contributed by atoms with Crippen LogP contribution in [0.4, 0.5) is 5.69 Å². The van der Waals surface area contributed by atoms with Crippen LogP contribution >= 0.6 is 0 Å². The van der Waals surface area contributed by atoms with Gasteiger partial charge in [0.1, 0.15) is 5.56 Å². The smallest absolute Gasteiger partial charge is 0.339 e. The normalized spacial score (nSPS) is 15.7. The molecule has 1 saturated carbocycles. The highest BCUT2D eigenvalue weighted by Gasteiger charge is 2.18. The highest BCUT2D eigenvalue weighted by Crippen LogP contribution is 2.29. The van der Waals surface area contributed by atoms with E-state index in [0.717, 1.165) is 24.3 Å². The largest absolute Gasteiger partial charge is 0.478 e. The second-order valence-electron chi connectivity index (χ2n) is 5.72. The molecule has 2 heterocycles. The van der Waals surface area contributed by atoms with Gasteiger partial charge in [0.05, 0.1) is 17.3 Å². The van der Waals surface area contributed by atoms with Crippen molar-refractivity contribution >= 4 is 22.7 Å². The fraction of sp³-hybridized carbons (Fsp3) is 0.533. The van der Waals surface area contributed by atoms with Gasteiger partial charge in [0, 0.05) is 19.8 Å². The molecule has 1 aliphatic rings. The minimum atomic E-state index is -0.961. The predicted octanol–water partition coefficient (Wildman–Crippen LogP) is 2.66. The van der Waals surface area contributed by atoms with Gasteiger partial charge in [-0.15, -0.1) is 0 Å². The summed E-state index contributed by atoms with van der Waals surface area (Å²) in [5.74, 6) is -0.186. The van der Waals surface area contributed by atoms with Crippen LogP contribution < -0.4 is 5.32 Å². The van der Waals surface area contributed by atoms with E-state index in [1.807, 2.05) is 0 Å². The highest BCUT2D eigenvalue weighted by molar-refractivity contribution is 6.03. The second kappa shape index (κ2) is 5.71. The number of nitrogens with zero attached hydrogens (tertiary/aromatic N) is 3. The SMILES string of the molecule is Cn1ncc2c(NCCC3CCCC3)c(C(=O)O)cnc21. The number of hydrogen-bond acceptors (Lipinski definition) is 4. The van der Waals surface area contributed by atoms with Crippen molar-refractivity contribution in [1.29, 1.82) is 0 Å². The molecule has 3 rings (SSSR count). The third-order valence-corrected chi connectivity index (χ3v) is 4.32. The lowest BCUT2D eigenvalue weighted by molar-refractivity contribution is 0.0697. The summed E-state index contributed by atoms with van der Waals surface area (Å²) in [6, 6.07) is 0. The first-order chi connectivity index (χ1) is 10.2. The number of carboxylic acid groups (broad SMARTS) is 1. The number of rotatable bonds is 5. The predicted molar refractivity (Wildman–Crippen MR) is 80.5 cm³/mol. The Morgan fingerprint density at radius 2 is 2.19 bits per heavy atom. The van der Waals surface area contributed by atoms with Crippen LogP contribution in [-0.2, 0) is 7.05 Å². The van der Waals surface area contributed by atoms with Gasteiger partial charge in [-0.25, -0.2) is 9.78 Å². The number of hydrogen-bond donors (Lipinski definition) is 2. The van der Waals surface area contributed by atoms with Gasteiger partial charge in [-0.05, 0) is 12.3 Å². The van der Waals surface area contributed by atoms with Crippen molar-refractivity contribution in [3.63, 3.8) is 0 Å². The van der Waals surface area contributed by atoms with Gasteiger partial charge in [-0.2, -0.15) is 5.10 Å². The Hall–Kier alpha value is -2.11. The summed E-state index contributed by atoms with van der Waals surface area (Å²) in [6.07, 6.45) is 9.42. The Morgan fingerprint density at radius 3 is 2.90 bits per heavy atom. The van der Waals surface area contributed by atoms with E-state index in [9.17, 15) is 9.90 Å². The number of pyridine rings is 1. The molecular weight excluding hydrogens is 268 g/mol. The maximum Gasteiger partial charge on any atom is 0.339 e. The summed E-state index contributed by atoms with van der Waals surface area (Å²) < 4.78 is 1.66. The maximum absolute atomic E-state index is 11.4. The molecule has 0 unspecified atom stereocenters. The fourth-order valence-corrected chi connectivity index (χ4v) is 3.15. The number of fused-ring (bicyclic) bond motifs is 1. The van der Waals surface area contributed by atoms with Crippen molar-refractivity contribution in [3.05, 3.63) is 18.0 Å². The molecule has 0 amide bonds. The molecule has 21 heavy (non-hydrogen) atoms. The first-order valence-corrected chi connectivity index (χ1v) is 7.44. The van der Waals surface area contributed by atoms with Gasteiger partial charge in [-0.3, -0.25) is 4.68 Å². The van der Waals surface area contributed by atoms with E-state index in [-0.39, 0.29) is 5.56 Å². The molecule has 2 N–H and O–H groups in total. The standard InChI is InChI=1S/C15H20N4O2/c1-19-14-11(9-18-19)13(12(8-17-14)15(20)21)16-7-6-10-4-2-3-5-10/h8-10H,2-7H2,1H3,(H,16,17)(H,20,21). The minimum Gasteiger partial charge on any atom is -0.478 e. The van der Waals surface area contributed by atoms with Crippen LogP contribution in [-0.4, -0.2) is 32.4 Å². The fourth-order valence-electron chi connectivity index (χ4n) is 3.15. The molecule has 112 valence electrons. The summed E-state index contributed by atoms with van der Waals surface area (Å²) in [7, 11) is 1.80. The van der Waals surface area contributed by atoms with Crippen molar-refractivity contribution in [3.8, 4) is 0 Å². The Kier molecular flexibility index (Phi) is 3.77. The molecular formula is C15H20N4O2. The first kappa shape index (κ1) is 13.9. The molecule has 0 saturated heterocycles. The van der Waals surface area contributed by atoms with E-state index in [1.165, 1.54) is 31.9 Å². The Balaban J connectivity index is 1.83. The monoisotopic (exact) mass is 288 g/mol. The Morgan fingerprint density at radius 1 is 1.43 bits per heavy atom. The summed E-state index contributed by atoms with van der Waals surface area (Å²) >= 11 is 0. The second-order valence-corrected chi connectivity index (χ2v) is 5.72. The zero-order valence-electron chi connectivity index (χ0n) is 12.2. The van der Waals surface area contributed by atoms with E-state index in [0.29, 0.717) is 11.3 Å². The molecule has 0 spiro atoms. The number of aromatic nitrogens is 3. The molecule has 0 atom stereocenters. The summed E-state index contributed by atoms with van der Waals surface area (Å²) in [5.41, 5.74) is 1.55. The lowest BCUT2D eigenvalue weighted by Gasteiger charge is -2.13. The molecule has 0 radical (unpaired) electrons. The van der Waals surface area contributed by atoms with Gasteiger partial charge in [-0.1, -0.05) is 25.7 Å². The van der Waals surface area contributed by atoms with Crippen molar-refractivity contribution in [2.45, 2.75) is 32.1 Å². The summed E-state index contributed by atoms with van der Waals surface area (Å²) in [6.45, 7) is 0.791. The van der Waals surface area contributed by atoms with E-state index in [1.54, 1.807) is 17.9 Å². The minimum absolute atomic E-state index is 0.210. The van der Waals surface area contributed by atoms with E-state index in [4.69, 9.17) is 0 Å². The Bertz CT molecular complexity index is 659. The van der Waals surface area contributed by atoms with Crippen molar-refractivity contribution in [2.75, 3.05) is 11.9 Å². The third kappa shape index (κ3) is 2.70. The molecule has 6 heteroatoms. The molecule has 2 aromatic rings. The lowest BCUT2D eigenvalue weighted by Crippen LogP contribution is -2.11. The molecule has 6 nitrogen and oxygen atoms in total. The van der Waals surface area contributed by atoms with Crippen molar-refractivity contribution in [1.82, 2.24) is 14.8 Å². The number of nitrogens with one attached hydrogen (secondary N) is 1. The van der Waals surface area contributed by atoms with Crippen molar-refractivity contribution in [2.24, 2.45) is 13.0 Å². The van der Waals surface area contributed by atoms with Crippen LogP contribution in [0.5, 0.6) is 0 Å². The number of aryl methyl sites for hydroxylation is 1. The average molecular weight is 288 g/mol. The topological polar surface area (TPSA) is 80.0 Å². The zero-order chi connectivity index (χ0) is 14.8. The van der Waals surface area contributed by atoms with Crippen LogP contribution in [0.15, 0.2) is 12.4 Å². The van der Waals surface area contributed by atoms with E-state index < -0.39 is 5.97 Å². The molecule has 1 fully saturated rings. The molecule has 1 aliphatic carbocycles. The van der Waals surface area contributed by atoms with Gasteiger partial charge in [0.2, 0.25) is 0 Å². The van der Waals surface area contributed by atoms with E-state index >= 15 is 0 Å². The highest BCUT2D eigenvalue weighted by atomic mass is 16.4. The molecule has 0 bridgehead atoms. The van der Waals surface area contributed by atoms with Gasteiger partial charge >= 0.3 is 5.97 Å². The number of carbonyl (C=O) groups is 1. The van der Waals surface area contributed by atoms with Gasteiger partial charge in [0.25, 0.3) is 0 Å². The van der Waals surface area contributed by atoms with E-state index in [2.05, 4.69) is 15.4 Å². The lowest BCUT2D eigenvalue weighted by atomic mass is 10.0. The van der Waals surface area contributed by atoms with Crippen LogP contribution in [0.2, 0.25) is 0 Å². The maximum atomic E-state index is 11.4. The number of carboxylic acids is 1. The molecule has 0 aliphatic heterocycles. The Labute approximate surface area is 123 Å². The number of aromatic carboxylic acids is 1. The zero-order valence-corrected chi connectivity index (χ0v) is 12.2. The quantitative estimate of drug-likeness (QED) is 0.884. The van der Waals surface area contributed by atoms with Crippen LogP contribution in [0.3, 0.4) is 0 Å². The van der Waals surface area contributed by atoms with Crippen molar-refractivity contribution < 1.29 is 9.90 Å². The summed E-state index contributed by atoms with van der Waals surface area (Å²) in [5, 5.41) is 17.6. The van der Waals surface area contributed by atoms with Gasteiger partial charge in [0.15, 0.2) is 5.65 Å². The average Bonchev–Trinajstić information content (AvgIpc) is 3.09. The van der Waals surface area contributed by atoms with Crippen LogP contribution in [0.1, 0.15) is 42.5 Å². The summed E-state index contributed by atoms with van der Waals surface area (Å²) in [4.78, 5) is 15.6. The van der Waals surface area contributed by atoms with Crippen LogP contribution in [0.25, 0.3) is 11.0 Å². The van der Waals surface area contributed by atoms with Gasteiger partial charge < -0.3 is 10.4 Å².